The van der Waals surface area contributed by atoms with E-state index in [1.807, 2.05) is 0 Å². The molecular formula is C36H67O8P. The van der Waals surface area contributed by atoms with Gasteiger partial charge in [0.2, 0.25) is 0 Å². The number of allylic oxidation sites excluding steroid dienone is 4. The van der Waals surface area contributed by atoms with Crippen LogP contribution < -0.4 is 0 Å². The normalized spacial score (nSPS) is 13.8. The maximum atomic E-state index is 12.5. The van der Waals surface area contributed by atoms with Gasteiger partial charge in [0.25, 0.3) is 0 Å². The third-order valence-electron chi connectivity index (χ3n) is 7.49. The maximum Gasteiger partial charge on any atom is 0.472 e. The van der Waals surface area contributed by atoms with Gasteiger partial charge in [0, 0.05) is 12.8 Å². The number of phosphoric ester groups is 1. The molecule has 2 unspecified atom stereocenters. The van der Waals surface area contributed by atoms with Crippen LogP contribution in [0.5, 0.6) is 0 Å². The SMILES string of the molecule is CCC/C=C\C/C=C\CCCCCCCC(=O)OC(COC(=O)CCCCCCCCCCCCCC)COP(=O)(O)OCC. The zero-order valence-electron chi connectivity index (χ0n) is 29.0. The summed E-state index contributed by atoms with van der Waals surface area (Å²) in [6, 6.07) is 0. The number of phosphoric acid groups is 1. The molecule has 0 amide bonds. The molecule has 0 aromatic heterocycles. The van der Waals surface area contributed by atoms with Crippen LogP contribution in [0.2, 0.25) is 0 Å². The average molecular weight is 659 g/mol. The van der Waals surface area contributed by atoms with E-state index in [9.17, 15) is 19.0 Å². The van der Waals surface area contributed by atoms with Crippen LogP contribution in [0.1, 0.15) is 168 Å². The summed E-state index contributed by atoms with van der Waals surface area (Å²) in [6.07, 6.45) is 32.3. The molecule has 45 heavy (non-hydrogen) atoms. The number of carbonyl (C=O) groups is 2. The van der Waals surface area contributed by atoms with Crippen molar-refractivity contribution >= 4 is 19.8 Å². The second kappa shape index (κ2) is 32.5. The number of ether oxygens (including phenoxy) is 2. The van der Waals surface area contributed by atoms with Gasteiger partial charge in [-0.15, -0.1) is 0 Å². The fourth-order valence-corrected chi connectivity index (χ4v) is 5.60. The second-order valence-electron chi connectivity index (χ2n) is 11.9. The first-order chi connectivity index (χ1) is 21.8. The van der Waals surface area contributed by atoms with Gasteiger partial charge in [-0.2, -0.15) is 0 Å². The molecule has 2 atom stereocenters. The van der Waals surface area contributed by atoms with Gasteiger partial charge in [-0.25, -0.2) is 4.57 Å². The van der Waals surface area contributed by atoms with Crippen molar-refractivity contribution in [1.29, 1.82) is 0 Å². The first kappa shape index (κ1) is 43.5. The number of esters is 2. The van der Waals surface area contributed by atoms with E-state index in [1.165, 1.54) is 64.2 Å². The van der Waals surface area contributed by atoms with E-state index in [2.05, 4.69) is 38.2 Å². The van der Waals surface area contributed by atoms with E-state index in [0.717, 1.165) is 64.2 Å². The van der Waals surface area contributed by atoms with Crippen LogP contribution in [-0.4, -0.2) is 42.8 Å². The van der Waals surface area contributed by atoms with Crippen molar-refractivity contribution in [3.63, 3.8) is 0 Å². The van der Waals surface area contributed by atoms with Crippen LogP contribution in [0.25, 0.3) is 0 Å². The van der Waals surface area contributed by atoms with Crippen molar-refractivity contribution in [1.82, 2.24) is 0 Å². The Morgan fingerprint density at radius 1 is 0.600 bits per heavy atom. The summed E-state index contributed by atoms with van der Waals surface area (Å²) in [4.78, 5) is 34.5. The summed E-state index contributed by atoms with van der Waals surface area (Å²) in [5, 5.41) is 0. The molecule has 0 saturated heterocycles. The predicted molar refractivity (Wildman–Crippen MR) is 184 cm³/mol. The molecule has 0 aliphatic carbocycles. The van der Waals surface area contributed by atoms with Gasteiger partial charge in [0.1, 0.15) is 6.61 Å². The topological polar surface area (TPSA) is 108 Å². The first-order valence-corrected chi connectivity index (χ1v) is 19.6. The molecule has 1 N–H and O–H groups in total. The summed E-state index contributed by atoms with van der Waals surface area (Å²) < 4.78 is 32.4. The largest absolute Gasteiger partial charge is 0.472 e. The molecule has 0 radical (unpaired) electrons. The average Bonchev–Trinajstić information content (AvgIpc) is 3.01. The lowest BCUT2D eigenvalue weighted by atomic mass is 10.0. The fourth-order valence-electron chi connectivity index (χ4n) is 4.84. The lowest BCUT2D eigenvalue weighted by molar-refractivity contribution is -0.161. The van der Waals surface area contributed by atoms with Crippen LogP contribution in [0.3, 0.4) is 0 Å². The molecule has 0 rings (SSSR count). The number of hydrogen-bond acceptors (Lipinski definition) is 7. The van der Waals surface area contributed by atoms with Gasteiger partial charge in [-0.05, 0) is 45.4 Å². The van der Waals surface area contributed by atoms with E-state index >= 15 is 0 Å². The number of carbonyl (C=O) groups excluding carboxylic acids is 2. The quantitative estimate of drug-likeness (QED) is 0.0321. The van der Waals surface area contributed by atoms with E-state index in [4.69, 9.17) is 18.5 Å². The van der Waals surface area contributed by atoms with Crippen LogP contribution in [0, 0.1) is 0 Å². The standard InChI is InChI=1S/C36H67O8P/c1-4-7-9-11-13-15-17-19-21-23-25-27-29-31-36(38)44-34(33-43-45(39,40)42-6-3)32-41-35(37)30-28-26-24-22-20-18-16-14-12-10-8-5-2/h9,11,15,17,34H,4-8,10,12-14,16,18-33H2,1-3H3,(H,39,40)/b11-9-,17-15-. The Balaban J connectivity index is 4.20. The highest BCUT2D eigenvalue weighted by molar-refractivity contribution is 7.47. The highest BCUT2D eigenvalue weighted by Crippen LogP contribution is 2.43. The van der Waals surface area contributed by atoms with Crippen molar-refractivity contribution in [2.45, 2.75) is 175 Å². The van der Waals surface area contributed by atoms with E-state index in [-0.39, 0.29) is 25.6 Å². The van der Waals surface area contributed by atoms with Crippen LogP contribution in [-0.2, 0) is 32.7 Å². The van der Waals surface area contributed by atoms with Crippen molar-refractivity contribution in [3.8, 4) is 0 Å². The minimum atomic E-state index is -4.27. The van der Waals surface area contributed by atoms with Gasteiger partial charge in [-0.1, -0.05) is 134 Å². The molecule has 0 fully saturated rings. The number of hydrogen-bond donors (Lipinski definition) is 1. The van der Waals surface area contributed by atoms with E-state index < -0.39 is 26.5 Å². The molecule has 0 aliphatic rings. The summed E-state index contributed by atoms with van der Waals surface area (Å²) in [5.41, 5.74) is 0. The Morgan fingerprint density at radius 2 is 1.11 bits per heavy atom. The van der Waals surface area contributed by atoms with Crippen molar-refractivity contribution in [2.24, 2.45) is 0 Å². The summed E-state index contributed by atoms with van der Waals surface area (Å²) >= 11 is 0. The van der Waals surface area contributed by atoms with Crippen LogP contribution in [0.15, 0.2) is 24.3 Å². The lowest BCUT2D eigenvalue weighted by Crippen LogP contribution is -2.29. The third kappa shape index (κ3) is 32.3. The van der Waals surface area contributed by atoms with E-state index in [1.54, 1.807) is 6.92 Å². The summed E-state index contributed by atoms with van der Waals surface area (Å²) in [5.74, 6) is -0.813. The molecule has 0 aromatic rings. The Hall–Kier alpha value is -1.47. The molecular weight excluding hydrogens is 591 g/mol. The molecule has 0 heterocycles. The van der Waals surface area contributed by atoms with Gasteiger partial charge in [-0.3, -0.25) is 18.6 Å². The maximum absolute atomic E-state index is 12.5. The second-order valence-corrected chi connectivity index (χ2v) is 13.3. The smallest absolute Gasteiger partial charge is 0.462 e. The number of unbranched alkanes of at least 4 members (excludes halogenated alkanes) is 17. The first-order valence-electron chi connectivity index (χ1n) is 18.1. The Morgan fingerprint density at radius 3 is 1.67 bits per heavy atom. The minimum Gasteiger partial charge on any atom is -0.462 e. The molecule has 0 spiro atoms. The summed E-state index contributed by atoms with van der Waals surface area (Å²) in [6.45, 7) is 5.37. The molecule has 0 bridgehead atoms. The van der Waals surface area contributed by atoms with Gasteiger partial charge in [0.05, 0.1) is 13.2 Å². The zero-order valence-corrected chi connectivity index (χ0v) is 29.9. The van der Waals surface area contributed by atoms with Crippen LogP contribution in [0.4, 0.5) is 0 Å². The lowest BCUT2D eigenvalue weighted by Gasteiger charge is -2.19. The molecule has 9 heteroatoms. The van der Waals surface area contributed by atoms with Gasteiger partial charge in [0.15, 0.2) is 6.10 Å². The molecule has 0 saturated carbocycles. The Kier molecular flexibility index (Phi) is 31.4. The highest BCUT2D eigenvalue weighted by Gasteiger charge is 2.25. The van der Waals surface area contributed by atoms with Crippen molar-refractivity contribution in [3.05, 3.63) is 24.3 Å². The zero-order chi connectivity index (χ0) is 33.3. The molecule has 0 aromatic carbocycles. The third-order valence-corrected chi connectivity index (χ3v) is 8.55. The monoisotopic (exact) mass is 658 g/mol. The van der Waals surface area contributed by atoms with Crippen molar-refractivity contribution < 1.29 is 37.6 Å². The highest BCUT2D eigenvalue weighted by atomic mass is 31.2. The Labute approximate surface area is 275 Å². The van der Waals surface area contributed by atoms with Crippen LogP contribution >= 0.6 is 7.82 Å². The molecule has 8 nitrogen and oxygen atoms in total. The number of rotatable bonds is 33. The van der Waals surface area contributed by atoms with Gasteiger partial charge < -0.3 is 14.4 Å². The van der Waals surface area contributed by atoms with Crippen molar-refractivity contribution in [2.75, 3.05) is 19.8 Å². The fraction of sp³-hybridized carbons (Fsp3) is 0.833. The predicted octanol–water partition coefficient (Wildman–Crippen LogP) is 10.7. The van der Waals surface area contributed by atoms with E-state index in [0.29, 0.717) is 12.8 Å². The minimum absolute atomic E-state index is 0.00105. The molecule has 264 valence electrons. The Bertz CT molecular complexity index is 798. The summed E-state index contributed by atoms with van der Waals surface area (Å²) in [7, 11) is -4.27. The van der Waals surface area contributed by atoms with Gasteiger partial charge >= 0.3 is 19.8 Å². The molecule has 0 aliphatic heterocycles.